The molecule has 1 saturated heterocycles. The van der Waals surface area contributed by atoms with Crippen LogP contribution in [0.25, 0.3) is 6.08 Å². The van der Waals surface area contributed by atoms with Crippen molar-refractivity contribution in [3.05, 3.63) is 53.6 Å². The quantitative estimate of drug-likeness (QED) is 0.373. The molecule has 2 aromatic carbocycles. The number of hydrogen-bond acceptors (Lipinski definition) is 6. The minimum Gasteiger partial charge on any atom is -0.496 e. The Morgan fingerprint density at radius 1 is 1.09 bits per heavy atom. The molecule has 1 aliphatic heterocycles. The van der Waals surface area contributed by atoms with E-state index in [0.717, 1.165) is 18.8 Å². The molecular formula is C24H27N3O4S. The van der Waals surface area contributed by atoms with E-state index < -0.39 is 11.8 Å². The SMILES string of the molecule is CCOc1cccc(N2C(=O)/C(=C\c3ccc(N(CC)CC)cc3OC)C(=O)NC2=S)c1. The number of hydrogen-bond donors (Lipinski definition) is 1. The summed E-state index contributed by atoms with van der Waals surface area (Å²) in [4.78, 5) is 29.4. The Morgan fingerprint density at radius 2 is 1.84 bits per heavy atom. The Morgan fingerprint density at radius 3 is 2.50 bits per heavy atom. The zero-order valence-electron chi connectivity index (χ0n) is 18.7. The van der Waals surface area contributed by atoms with E-state index in [0.29, 0.717) is 29.4 Å². The minimum absolute atomic E-state index is 0.0228. The Kier molecular flexibility index (Phi) is 7.48. The lowest BCUT2D eigenvalue weighted by Crippen LogP contribution is -2.54. The van der Waals surface area contributed by atoms with E-state index in [1.807, 2.05) is 25.1 Å². The normalized spacial score (nSPS) is 15.1. The zero-order chi connectivity index (χ0) is 23.3. The Hall–Kier alpha value is -3.39. The first-order chi connectivity index (χ1) is 15.4. The molecule has 3 rings (SSSR count). The van der Waals surface area contributed by atoms with E-state index >= 15 is 0 Å². The van der Waals surface area contributed by atoms with Crippen molar-refractivity contribution >= 4 is 46.6 Å². The molecule has 0 unspecified atom stereocenters. The molecule has 0 radical (unpaired) electrons. The van der Waals surface area contributed by atoms with Gasteiger partial charge in [0.15, 0.2) is 5.11 Å². The third-order valence-electron chi connectivity index (χ3n) is 5.13. The van der Waals surface area contributed by atoms with Crippen molar-refractivity contribution in [2.75, 3.05) is 36.6 Å². The Labute approximate surface area is 193 Å². The van der Waals surface area contributed by atoms with Gasteiger partial charge in [-0.3, -0.25) is 19.8 Å². The summed E-state index contributed by atoms with van der Waals surface area (Å²) >= 11 is 5.28. The molecule has 1 heterocycles. The number of thiocarbonyl (C=S) groups is 1. The van der Waals surface area contributed by atoms with Gasteiger partial charge in [0.05, 0.1) is 19.4 Å². The number of carbonyl (C=O) groups excluding carboxylic acids is 2. The molecule has 32 heavy (non-hydrogen) atoms. The molecule has 8 heteroatoms. The van der Waals surface area contributed by atoms with Crippen LogP contribution >= 0.6 is 12.2 Å². The van der Waals surface area contributed by atoms with Gasteiger partial charge in [0.1, 0.15) is 17.1 Å². The molecule has 2 aromatic rings. The summed E-state index contributed by atoms with van der Waals surface area (Å²) in [5.41, 5.74) is 2.11. The molecule has 0 bridgehead atoms. The number of carbonyl (C=O) groups is 2. The van der Waals surface area contributed by atoms with Crippen LogP contribution in [0.2, 0.25) is 0 Å². The van der Waals surface area contributed by atoms with Gasteiger partial charge in [-0.05, 0) is 63.3 Å². The third-order valence-corrected chi connectivity index (χ3v) is 5.42. The fraction of sp³-hybridized carbons (Fsp3) is 0.292. The molecule has 0 atom stereocenters. The predicted molar refractivity (Wildman–Crippen MR) is 130 cm³/mol. The highest BCUT2D eigenvalue weighted by molar-refractivity contribution is 7.80. The van der Waals surface area contributed by atoms with Gasteiger partial charge in [0.25, 0.3) is 11.8 Å². The highest BCUT2D eigenvalue weighted by Crippen LogP contribution is 2.30. The average Bonchev–Trinajstić information content (AvgIpc) is 2.78. The van der Waals surface area contributed by atoms with E-state index in [2.05, 4.69) is 24.1 Å². The lowest BCUT2D eigenvalue weighted by molar-refractivity contribution is -0.122. The minimum atomic E-state index is -0.549. The summed E-state index contributed by atoms with van der Waals surface area (Å²) in [5.74, 6) is 0.117. The van der Waals surface area contributed by atoms with Gasteiger partial charge in [-0.2, -0.15) is 0 Å². The van der Waals surface area contributed by atoms with Crippen molar-refractivity contribution in [3.8, 4) is 11.5 Å². The summed E-state index contributed by atoms with van der Waals surface area (Å²) in [6.07, 6.45) is 1.53. The van der Waals surface area contributed by atoms with Crippen molar-refractivity contribution in [2.24, 2.45) is 0 Å². The lowest BCUT2D eigenvalue weighted by Gasteiger charge is -2.29. The average molecular weight is 454 g/mol. The standard InChI is InChI=1S/C24H27N3O4S/c1-5-26(6-2)17-12-11-16(21(15-17)30-4)13-20-22(28)25-24(32)27(23(20)29)18-9-8-10-19(14-18)31-7-3/h8-15H,5-7H2,1-4H3,(H,25,28,32)/b20-13-. The van der Waals surface area contributed by atoms with Crippen LogP contribution in [-0.4, -0.2) is 43.7 Å². The van der Waals surface area contributed by atoms with Gasteiger partial charge in [-0.15, -0.1) is 0 Å². The second-order valence-corrected chi connectivity index (χ2v) is 7.37. The molecule has 0 saturated carbocycles. The maximum absolute atomic E-state index is 13.3. The first-order valence-corrected chi connectivity index (χ1v) is 10.9. The number of anilines is 2. The molecule has 2 amide bonds. The molecule has 168 valence electrons. The van der Waals surface area contributed by atoms with Gasteiger partial charge >= 0.3 is 0 Å². The monoisotopic (exact) mass is 453 g/mol. The second-order valence-electron chi connectivity index (χ2n) is 6.99. The smallest absolute Gasteiger partial charge is 0.270 e. The number of methoxy groups -OCH3 is 1. The van der Waals surface area contributed by atoms with Crippen LogP contribution in [0, 0.1) is 0 Å². The van der Waals surface area contributed by atoms with E-state index in [1.54, 1.807) is 31.4 Å². The van der Waals surface area contributed by atoms with Crippen LogP contribution in [0.4, 0.5) is 11.4 Å². The van der Waals surface area contributed by atoms with Crippen LogP contribution < -0.4 is 24.6 Å². The Balaban J connectivity index is 2.00. The number of amides is 2. The highest BCUT2D eigenvalue weighted by atomic mass is 32.1. The summed E-state index contributed by atoms with van der Waals surface area (Å²) in [7, 11) is 1.56. The topological polar surface area (TPSA) is 71.1 Å². The molecular weight excluding hydrogens is 426 g/mol. The molecule has 0 aromatic heterocycles. The molecule has 1 N–H and O–H groups in total. The number of nitrogens with zero attached hydrogens (tertiary/aromatic N) is 2. The van der Waals surface area contributed by atoms with Gasteiger partial charge in [0.2, 0.25) is 0 Å². The largest absolute Gasteiger partial charge is 0.496 e. The number of nitrogens with one attached hydrogen (secondary N) is 1. The summed E-state index contributed by atoms with van der Waals surface area (Å²) < 4.78 is 11.1. The van der Waals surface area contributed by atoms with Gasteiger partial charge in [0, 0.05) is 36.5 Å². The van der Waals surface area contributed by atoms with Gasteiger partial charge in [-0.25, -0.2) is 0 Å². The maximum Gasteiger partial charge on any atom is 0.270 e. The first kappa shape index (κ1) is 23.3. The Bertz CT molecular complexity index is 1060. The van der Waals surface area contributed by atoms with Crippen LogP contribution in [0.3, 0.4) is 0 Å². The maximum atomic E-state index is 13.3. The molecule has 0 spiro atoms. The van der Waals surface area contributed by atoms with Crippen molar-refractivity contribution in [1.82, 2.24) is 5.32 Å². The molecule has 1 aliphatic rings. The van der Waals surface area contributed by atoms with Crippen molar-refractivity contribution in [1.29, 1.82) is 0 Å². The van der Waals surface area contributed by atoms with Crippen LogP contribution in [-0.2, 0) is 9.59 Å². The molecule has 7 nitrogen and oxygen atoms in total. The van der Waals surface area contributed by atoms with E-state index in [-0.39, 0.29) is 10.7 Å². The van der Waals surface area contributed by atoms with Crippen molar-refractivity contribution < 1.29 is 19.1 Å². The predicted octanol–water partition coefficient (Wildman–Crippen LogP) is 3.77. The number of benzene rings is 2. The van der Waals surface area contributed by atoms with E-state index in [1.165, 1.54) is 11.0 Å². The van der Waals surface area contributed by atoms with E-state index in [9.17, 15) is 9.59 Å². The van der Waals surface area contributed by atoms with Crippen molar-refractivity contribution in [3.63, 3.8) is 0 Å². The zero-order valence-corrected chi connectivity index (χ0v) is 19.5. The van der Waals surface area contributed by atoms with Crippen molar-refractivity contribution in [2.45, 2.75) is 20.8 Å². The summed E-state index contributed by atoms with van der Waals surface area (Å²) in [6.45, 7) is 8.24. The molecule has 0 aliphatic carbocycles. The fourth-order valence-electron chi connectivity index (χ4n) is 3.53. The van der Waals surface area contributed by atoms with Crippen LogP contribution in [0.5, 0.6) is 11.5 Å². The summed E-state index contributed by atoms with van der Waals surface area (Å²) in [5, 5.41) is 2.63. The molecule has 1 fully saturated rings. The van der Waals surface area contributed by atoms with Gasteiger partial charge < -0.3 is 14.4 Å². The second kappa shape index (κ2) is 10.3. The number of ether oxygens (including phenoxy) is 2. The number of rotatable bonds is 8. The summed E-state index contributed by atoms with van der Waals surface area (Å²) in [6, 6.07) is 12.7. The van der Waals surface area contributed by atoms with E-state index in [4.69, 9.17) is 21.7 Å². The highest BCUT2D eigenvalue weighted by Gasteiger charge is 2.34. The third kappa shape index (κ3) is 4.75. The van der Waals surface area contributed by atoms with Gasteiger partial charge in [-0.1, -0.05) is 6.07 Å². The fourth-order valence-corrected chi connectivity index (χ4v) is 3.81. The first-order valence-electron chi connectivity index (χ1n) is 10.5. The lowest BCUT2D eigenvalue weighted by atomic mass is 10.1. The van der Waals surface area contributed by atoms with Crippen LogP contribution in [0.1, 0.15) is 26.3 Å². The van der Waals surface area contributed by atoms with Crippen LogP contribution in [0.15, 0.2) is 48.0 Å².